The average molecular weight is 199 g/mol. The van der Waals surface area contributed by atoms with E-state index in [0.29, 0.717) is 5.92 Å². The van der Waals surface area contributed by atoms with Gasteiger partial charge in [0.25, 0.3) is 0 Å². The number of hydrogen-bond acceptors (Lipinski definition) is 2. The first kappa shape index (κ1) is 10.3. The van der Waals surface area contributed by atoms with Crippen LogP contribution in [0.3, 0.4) is 0 Å². The molecule has 0 atom stereocenters. The average Bonchev–Trinajstić information content (AvgIpc) is 2.03. The molecular weight excluding hydrogens is 184 g/mol. The van der Waals surface area contributed by atoms with Gasteiger partial charge in [-0.1, -0.05) is 25.4 Å². The van der Waals surface area contributed by atoms with Crippen molar-refractivity contribution in [3.8, 4) is 0 Å². The summed E-state index contributed by atoms with van der Waals surface area (Å²) in [7, 11) is 3.89. The van der Waals surface area contributed by atoms with E-state index in [1.165, 1.54) is 0 Å². The second-order valence-corrected chi connectivity index (χ2v) is 3.96. The minimum atomic E-state index is 0.439. The molecule has 0 aromatic carbocycles. The van der Waals surface area contributed by atoms with Crippen LogP contribution in [0, 0.1) is 0 Å². The van der Waals surface area contributed by atoms with E-state index in [2.05, 4.69) is 18.8 Å². The molecule has 0 amide bonds. The molecule has 0 N–H and O–H groups in total. The standard InChI is InChI=1S/C10H15ClN2/c1-7(2)8-5-6-12-10(9(8)11)13(3)4/h5-7H,1-4H3. The van der Waals surface area contributed by atoms with E-state index < -0.39 is 0 Å². The Labute approximate surface area is 84.5 Å². The zero-order valence-electron chi connectivity index (χ0n) is 8.50. The summed E-state index contributed by atoms with van der Waals surface area (Å²) in [6, 6.07) is 1.97. The first-order chi connectivity index (χ1) is 6.04. The van der Waals surface area contributed by atoms with E-state index in [0.717, 1.165) is 16.4 Å². The maximum atomic E-state index is 6.19. The molecule has 0 aliphatic rings. The van der Waals surface area contributed by atoms with E-state index >= 15 is 0 Å². The van der Waals surface area contributed by atoms with Gasteiger partial charge in [0.2, 0.25) is 0 Å². The highest BCUT2D eigenvalue weighted by Gasteiger charge is 2.10. The van der Waals surface area contributed by atoms with Crippen LogP contribution in [0.2, 0.25) is 5.02 Å². The third-order valence-electron chi connectivity index (χ3n) is 1.95. The maximum Gasteiger partial charge on any atom is 0.147 e. The summed E-state index contributed by atoms with van der Waals surface area (Å²) in [6.45, 7) is 4.25. The summed E-state index contributed by atoms with van der Waals surface area (Å²) >= 11 is 6.19. The lowest BCUT2D eigenvalue weighted by atomic mass is 10.0. The molecule has 3 heteroatoms. The Balaban J connectivity index is 3.18. The van der Waals surface area contributed by atoms with E-state index in [9.17, 15) is 0 Å². The van der Waals surface area contributed by atoms with Gasteiger partial charge >= 0.3 is 0 Å². The highest BCUT2D eigenvalue weighted by atomic mass is 35.5. The van der Waals surface area contributed by atoms with Gasteiger partial charge in [-0.2, -0.15) is 0 Å². The minimum Gasteiger partial charge on any atom is -0.362 e. The van der Waals surface area contributed by atoms with Crippen molar-refractivity contribution in [2.24, 2.45) is 0 Å². The molecule has 72 valence electrons. The SMILES string of the molecule is CC(C)c1ccnc(N(C)C)c1Cl. The van der Waals surface area contributed by atoms with Gasteiger partial charge in [0.15, 0.2) is 0 Å². The number of rotatable bonds is 2. The van der Waals surface area contributed by atoms with E-state index in [1.807, 2.05) is 25.1 Å². The molecule has 1 aromatic heterocycles. The lowest BCUT2D eigenvalue weighted by Gasteiger charge is -2.16. The molecule has 0 bridgehead atoms. The Hall–Kier alpha value is -0.760. The number of nitrogens with zero attached hydrogens (tertiary/aromatic N) is 2. The molecule has 1 aromatic rings. The normalized spacial score (nSPS) is 10.6. The molecule has 1 rings (SSSR count). The Morgan fingerprint density at radius 1 is 1.38 bits per heavy atom. The number of hydrogen-bond donors (Lipinski definition) is 0. The van der Waals surface area contributed by atoms with Gasteiger partial charge in [0.1, 0.15) is 5.82 Å². The van der Waals surface area contributed by atoms with Crippen molar-refractivity contribution in [3.63, 3.8) is 0 Å². The van der Waals surface area contributed by atoms with E-state index in [4.69, 9.17) is 11.6 Å². The fourth-order valence-electron chi connectivity index (χ4n) is 1.20. The Bertz CT molecular complexity index is 269. The quantitative estimate of drug-likeness (QED) is 0.727. The lowest BCUT2D eigenvalue weighted by molar-refractivity contribution is 0.860. The van der Waals surface area contributed by atoms with Crippen LogP contribution >= 0.6 is 11.6 Å². The maximum absolute atomic E-state index is 6.19. The molecule has 2 nitrogen and oxygen atoms in total. The summed E-state index contributed by atoms with van der Waals surface area (Å²) in [4.78, 5) is 6.14. The molecule has 0 saturated heterocycles. The molecule has 1 heterocycles. The number of anilines is 1. The molecule has 0 fully saturated rings. The first-order valence-electron chi connectivity index (χ1n) is 4.35. The van der Waals surface area contributed by atoms with Gasteiger partial charge in [-0.3, -0.25) is 0 Å². The van der Waals surface area contributed by atoms with Crippen LogP contribution in [-0.4, -0.2) is 19.1 Å². The molecule has 0 aliphatic carbocycles. The first-order valence-corrected chi connectivity index (χ1v) is 4.73. The predicted molar refractivity (Wildman–Crippen MR) is 57.7 cm³/mol. The van der Waals surface area contributed by atoms with Crippen LogP contribution in [0.15, 0.2) is 12.3 Å². The molecule has 0 spiro atoms. The number of aromatic nitrogens is 1. The van der Waals surface area contributed by atoms with Crippen LogP contribution in [0.4, 0.5) is 5.82 Å². The van der Waals surface area contributed by atoms with Crippen molar-refractivity contribution >= 4 is 17.4 Å². The zero-order valence-corrected chi connectivity index (χ0v) is 9.26. The Morgan fingerprint density at radius 3 is 2.46 bits per heavy atom. The Morgan fingerprint density at radius 2 is 2.00 bits per heavy atom. The van der Waals surface area contributed by atoms with Gasteiger partial charge in [-0.05, 0) is 17.5 Å². The van der Waals surface area contributed by atoms with Crippen LogP contribution in [0.1, 0.15) is 25.3 Å². The summed E-state index contributed by atoms with van der Waals surface area (Å²) in [5.74, 6) is 1.28. The van der Waals surface area contributed by atoms with Crippen molar-refractivity contribution < 1.29 is 0 Å². The molecule has 13 heavy (non-hydrogen) atoms. The van der Waals surface area contributed by atoms with Gasteiger partial charge in [-0.15, -0.1) is 0 Å². The second kappa shape index (κ2) is 3.97. The van der Waals surface area contributed by atoms with E-state index in [-0.39, 0.29) is 0 Å². The minimum absolute atomic E-state index is 0.439. The smallest absolute Gasteiger partial charge is 0.147 e. The van der Waals surface area contributed by atoms with Crippen LogP contribution in [0.5, 0.6) is 0 Å². The molecule has 0 radical (unpaired) electrons. The van der Waals surface area contributed by atoms with Crippen molar-refractivity contribution in [2.75, 3.05) is 19.0 Å². The summed E-state index contributed by atoms with van der Waals surface area (Å²) < 4.78 is 0. The topological polar surface area (TPSA) is 16.1 Å². The lowest BCUT2D eigenvalue weighted by Crippen LogP contribution is -2.12. The molecule has 0 unspecified atom stereocenters. The monoisotopic (exact) mass is 198 g/mol. The van der Waals surface area contributed by atoms with E-state index in [1.54, 1.807) is 6.20 Å². The fraction of sp³-hybridized carbons (Fsp3) is 0.500. The van der Waals surface area contributed by atoms with Crippen LogP contribution < -0.4 is 4.90 Å². The Kier molecular flexibility index (Phi) is 3.15. The van der Waals surface area contributed by atoms with Gasteiger partial charge in [0.05, 0.1) is 5.02 Å². The van der Waals surface area contributed by atoms with Crippen molar-refractivity contribution in [1.29, 1.82) is 0 Å². The van der Waals surface area contributed by atoms with Crippen molar-refractivity contribution in [2.45, 2.75) is 19.8 Å². The molecular formula is C10H15ClN2. The summed E-state index contributed by atoms with van der Waals surface area (Å²) in [5, 5.41) is 0.766. The van der Waals surface area contributed by atoms with Gasteiger partial charge in [-0.25, -0.2) is 4.98 Å². The molecule has 0 aliphatic heterocycles. The highest BCUT2D eigenvalue weighted by molar-refractivity contribution is 6.33. The predicted octanol–water partition coefficient (Wildman–Crippen LogP) is 2.92. The summed E-state index contributed by atoms with van der Waals surface area (Å²) in [6.07, 6.45) is 1.80. The zero-order chi connectivity index (χ0) is 10.0. The number of pyridine rings is 1. The van der Waals surface area contributed by atoms with Crippen molar-refractivity contribution in [3.05, 3.63) is 22.8 Å². The van der Waals surface area contributed by atoms with Crippen LogP contribution in [-0.2, 0) is 0 Å². The van der Waals surface area contributed by atoms with Crippen molar-refractivity contribution in [1.82, 2.24) is 4.98 Å². The second-order valence-electron chi connectivity index (χ2n) is 3.59. The third kappa shape index (κ3) is 2.13. The fourth-order valence-corrected chi connectivity index (χ4v) is 1.70. The van der Waals surface area contributed by atoms with Gasteiger partial charge in [0, 0.05) is 20.3 Å². The van der Waals surface area contributed by atoms with Crippen LogP contribution in [0.25, 0.3) is 0 Å². The third-order valence-corrected chi connectivity index (χ3v) is 2.33. The molecule has 0 saturated carbocycles. The number of halogens is 1. The largest absolute Gasteiger partial charge is 0.362 e. The van der Waals surface area contributed by atoms with Gasteiger partial charge < -0.3 is 4.90 Å². The highest BCUT2D eigenvalue weighted by Crippen LogP contribution is 2.30. The summed E-state index contributed by atoms with van der Waals surface area (Å²) in [5.41, 5.74) is 1.15.